The van der Waals surface area contributed by atoms with Crippen molar-refractivity contribution in [3.8, 4) is 0 Å². The van der Waals surface area contributed by atoms with Gasteiger partial charge in [0.15, 0.2) is 10.9 Å². The van der Waals surface area contributed by atoms with E-state index in [9.17, 15) is 4.79 Å². The Morgan fingerprint density at radius 2 is 1.96 bits per heavy atom. The Bertz CT molecular complexity index is 1100. The van der Waals surface area contributed by atoms with Crippen molar-refractivity contribution in [2.24, 2.45) is 0 Å². The van der Waals surface area contributed by atoms with Gasteiger partial charge in [0, 0.05) is 5.56 Å². The number of aromatic nitrogens is 3. The highest BCUT2D eigenvalue weighted by atomic mass is 32.2. The van der Waals surface area contributed by atoms with Gasteiger partial charge in [-0.25, -0.2) is 0 Å². The molecule has 0 aliphatic carbocycles. The zero-order chi connectivity index (χ0) is 17.6. The van der Waals surface area contributed by atoms with Crippen LogP contribution >= 0.6 is 23.1 Å². The first kappa shape index (κ1) is 16.3. The van der Waals surface area contributed by atoms with Crippen LogP contribution in [0.2, 0.25) is 0 Å². The Balaban J connectivity index is 1.69. The van der Waals surface area contributed by atoms with E-state index in [1.54, 1.807) is 11.3 Å². The van der Waals surface area contributed by atoms with Crippen molar-refractivity contribution in [3.05, 3.63) is 59.2 Å². The van der Waals surface area contributed by atoms with Crippen molar-refractivity contribution in [1.29, 1.82) is 0 Å². The summed E-state index contributed by atoms with van der Waals surface area (Å²) < 4.78 is 3.21. The van der Waals surface area contributed by atoms with Crippen LogP contribution in [0, 0.1) is 13.8 Å². The Kier molecular flexibility index (Phi) is 4.09. The minimum atomic E-state index is -0.230. The smallest absolute Gasteiger partial charge is 0.217 e. The summed E-state index contributed by atoms with van der Waals surface area (Å²) in [7, 11) is 0. The number of hydrogen-bond acceptors (Lipinski definition) is 5. The van der Waals surface area contributed by atoms with E-state index in [0.717, 1.165) is 32.3 Å². The fourth-order valence-corrected chi connectivity index (χ4v) is 4.81. The third-order valence-electron chi connectivity index (χ3n) is 4.22. The molecule has 0 amide bonds. The van der Waals surface area contributed by atoms with Crippen LogP contribution in [0.25, 0.3) is 15.2 Å². The Morgan fingerprint density at radius 3 is 2.80 bits per heavy atom. The highest BCUT2D eigenvalue weighted by molar-refractivity contribution is 8.00. The molecule has 0 aliphatic rings. The number of ketones is 1. The van der Waals surface area contributed by atoms with E-state index >= 15 is 0 Å². The van der Waals surface area contributed by atoms with Crippen molar-refractivity contribution in [2.75, 3.05) is 0 Å². The number of thiazole rings is 1. The Hall–Kier alpha value is -2.18. The number of thioether (sulfide) groups is 1. The van der Waals surface area contributed by atoms with Gasteiger partial charge in [-0.15, -0.1) is 10.2 Å². The summed E-state index contributed by atoms with van der Waals surface area (Å²) in [6, 6.07) is 14.2. The van der Waals surface area contributed by atoms with E-state index < -0.39 is 0 Å². The van der Waals surface area contributed by atoms with Crippen molar-refractivity contribution < 1.29 is 4.79 Å². The van der Waals surface area contributed by atoms with Crippen molar-refractivity contribution in [1.82, 2.24) is 14.6 Å². The lowest BCUT2D eigenvalue weighted by Gasteiger charge is -2.11. The fourth-order valence-electron chi connectivity index (χ4n) is 2.86. The van der Waals surface area contributed by atoms with E-state index in [-0.39, 0.29) is 11.0 Å². The highest BCUT2D eigenvalue weighted by Gasteiger charge is 2.22. The molecule has 0 fully saturated rings. The second-order valence-corrected chi connectivity index (χ2v) is 8.43. The summed E-state index contributed by atoms with van der Waals surface area (Å²) in [5.41, 5.74) is 3.98. The van der Waals surface area contributed by atoms with Crippen LogP contribution < -0.4 is 0 Å². The lowest BCUT2D eigenvalue weighted by atomic mass is 10.0. The molecule has 25 heavy (non-hydrogen) atoms. The number of aryl methyl sites for hydroxylation is 2. The van der Waals surface area contributed by atoms with Gasteiger partial charge >= 0.3 is 0 Å². The number of benzene rings is 2. The molecule has 0 spiro atoms. The number of hydrogen-bond donors (Lipinski definition) is 0. The number of Topliss-reactive ketones (excluding diaryl/α,β-unsaturated/α-hetero) is 1. The van der Waals surface area contributed by atoms with Gasteiger partial charge in [-0.2, -0.15) is 0 Å². The van der Waals surface area contributed by atoms with E-state index in [4.69, 9.17) is 0 Å². The lowest BCUT2D eigenvalue weighted by molar-refractivity contribution is 0.0993. The van der Waals surface area contributed by atoms with E-state index in [2.05, 4.69) is 22.3 Å². The van der Waals surface area contributed by atoms with Crippen LogP contribution in [-0.2, 0) is 0 Å². The molecule has 4 nitrogen and oxygen atoms in total. The van der Waals surface area contributed by atoms with Gasteiger partial charge in [0.05, 0.1) is 15.5 Å². The average molecular weight is 367 g/mol. The van der Waals surface area contributed by atoms with Gasteiger partial charge < -0.3 is 0 Å². The molecule has 2 aromatic carbocycles. The Labute approximate surface area is 153 Å². The average Bonchev–Trinajstić information content (AvgIpc) is 3.16. The molecule has 0 aliphatic heterocycles. The molecule has 0 radical (unpaired) electrons. The monoisotopic (exact) mass is 367 g/mol. The normalized spacial score (nSPS) is 12.8. The van der Waals surface area contributed by atoms with Crippen molar-refractivity contribution in [2.45, 2.75) is 31.2 Å². The minimum Gasteiger partial charge on any atom is -0.293 e. The molecule has 2 heterocycles. The quantitative estimate of drug-likeness (QED) is 0.379. The van der Waals surface area contributed by atoms with Gasteiger partial charge in [-0.3, -0.25) is 9.20 Å². The van der Waals surface area contributed by atoms with Crippen LogP contribution in [0.15, 0.2) is 47.6 Å². The predicted octanol–water partition coefficient (Wildman–Crippen LogP) is 4.92. The third-order valence-corrected chi connectivity index (χ3v) is 6.28. The zero-order valence-corrected chi connectivity index (χ0v) is 15.8. The van der Waals surface area contributed by atoms with Gasteiger partial charge in [0.2, 0.25) is 4.96 Å². The number of carbonyl (C=O) groups excluding carboxylic acids is 1. The molecule has 0 N–H and O–H groups in total. The van der Waals surface area contributed by atoms with Crippen LogP contribution in [0.4, 0.5) is 0 Å². The summed E-state index contributed by atoms with van der Waals surface area (Å²) in [6.45, 7) is 5.92. The molecule has 126 valence electrons. The molecule has 0 unspecified atom stereocenters. The maximum absolute atomic E-state index is 12.9. The highest BCUT2D eigenvalue weighted by Crippen LogP contribution is 2.32. The molecule has 4 rings (SSSR count). The molecule has 0 saturated heterocycles. The SMILES string of the molecule is Cc1ccc(C)c(C(=O)[C@H](C)Sc2nnc3sc4ccccc4n23)c1. The van der Waals surface area contributed by atoms with Crippen molar-refractivity contribution in [3.63, 3.8) is 0 Å². The van der Waals surface area contributed by atoms with Gasteiger partial charge in [-0.1, -0.05) is 52.9 Å². The van der Waals surface area contributed by atoms with Gasteiger partial charge in [0.1, 0.15) is 0 Å². The standard InChI is InChI=1S/C19H17N3OS2/c1-11-8-9-12(2)14(10-11)17(23)13(3)24-18-20-21-19-22(18)15-6-4-5-7-16(15)25-19/h4-10,13H,1-3H3/t13-/m0/s1. The van der Waals surface area contributed by atoms with Crippen LogP contribution in [-0.4, -0.2) is 25.6 Å². The number of nitrogens with zero attached hydrogens (tertiary/aromatic N) is 3. The van der Waals surface area contributed by atoms with Crippen LogP contribution in [0.5, 0.6) is 0 Å². The Morgan fingerprint density at radius 1 is 1.16 bits per heavy atom. The zero-order valence-electron chi connectivity index (χ0n) is 14.2. The first-order valence-electron chi connectivity index (χ1n) is 8.05. The number of para-hydroxylation sites is 1. The molecular weight excluding hydrogens is 350 g/mol. The van der Waals surface area contributed by atoms with Crippen molar-refractivity contribution >= 4 is 44.1 Å². The van der Waals surface area contributed by atoms with E-state index in [0.29, 0.717) is 0 Å². The predicted molar refractivity (Wildman–Crippen MR) is 104 cm³/mol. The number of carbonyl (C=O) groups is 1. The van der Waals surface area contributed by atoms with Crippen LogP contribution in [0.3, 0.4) is 0 Å². The van der Waals surface area contributed by atoms with E-state index in [1.165, 1.54) is 16.5 Å². The molecule has 6 heteroatoms. The number of rotatable bonds is 4. The second-order valence-electron chi connectivity index (χ2n) is 6.11. The van der Waals surface area contributed by atoms with Gasteiger partial charge in [0.25, 0.3) is 0 Å². The molecule has 0 bridgehead atoms. The first-order valence-corrected chi connectivity index (χ1v) is 9.75. The van der Waals surface area contributed by atoms with Crippen LogP contribution in [0.1, 0.15) is 28.4 Å². The molecular formula is C19H17N3OS2. The molecule has 0 saturated carbocycles. The molecule has 2 aromatic heterocycles. The largest absolute Gasteiger partial charge is 0.293 e. The summed E-state index contributed by atoms with van der Waals surface area (Å²) in [5.74, 6) is 0.127. The topological polar surface area (TPSA) is 47.3 Å². The molecule has 4 aromatic rings. The summed E-state index contributed by atoms with van der Waals surface area (Å²) >= 11 is 3.07. The maximum atomic E-state index is 12.9. The lowest BCUT2D eigenvalue weighted by Crippen LogP contribution is -2.15. The summed E-state index contributed by atoms with van der Waals surface area (Å²) in [4.78, 5) is 13.8. The maximum Gasteiger partial charge on any atom is 0.217 e. The summed E-state index contributed by atoms with van der Waals surface area (Å²) in [6.07, 6.45) is 0. The third kappa shape index (κ3) is 2.85. The first-order chi connectivity index (χ1) is 12.0. The fraction of sp³-hybridized carbons (Fsp3) is 0.211. The van der Waals surface area contributed by atoms with E-state index in [1.807, 2.05) is 55.5 Å². The number of fused-ring (bicyclic) bond motifs is 3. The van der Waals surface area contributed by atoms with Gasteiger partial charge in [-0.05, 0) is 44.5 Å². The second kappa shape index (κ2) is 6.28. The molecule has 1 atom stereocenters. The minimum absolute atomic E-state index is 0.127. The summed E-state index contributed by atoms with van der Waals surface area (Å²) in [5, 5.41) is 9.10.